The Hall–Kier alpha value is -1.73. The van der Waals surface area contributed by atoms with E-state index < -0.39 is 53.4 Å². The number of ketones is 1. The Labute approximate surface area is 146 Å². The number of fused-ring (bicyclic) bond motifs is 3. The average Bonchev–Trinajstić information content (AvgIpc) is 2.85. The molecule has 2 N–H and O–H groups in total. The Balaban J connectivity index is 1.96. The second kappa shape index (κ2) is 6.21. The van der Waals surface area contributed by atoms with Crippen molar-refractivity contribution in [3.05, 3.63) is 12.2 Å². The summed E-state index contributed by atoms with van der Waals surface area (Å²) < 4.78 is 11.0. The van der Waals surface area contributed by atoms with Crippen LogP contribution >= 0.6 is 0 Å². The number of carbonyl (C=O) groups is 3. The van der Waals surface area contributed by atoms with E-state index in [-0.39, 0.29) is 30.8 Å². The normalized spacial score (nSPS) is 41.6. The van der Waals surface area contributed by atoms with Crippen LogP contribution in [0.15, 0.2) is 12.2 Å². The smallest absolute Gasteiger partial charge is 0.334 e. The van der Waals surface area contributed by atoms with Crippen LogP contribution in [-0.2, 0) is 23.9 Å². The quantitative estimate of drug-likeness (QED) is 0.558. The lowest BCUT2D eigenvalue weighted by Crippen LogP contribution is -2.60. The van der Waals surface area contributed by atoms with Gasteiger partial charge in [-0.25, -0.2) is 4.79 Å². The van der Waals surface area contributed by atoms with Crippen LogP contribution in [-0.4, -0.2) is 52.9 Å². The van der Waals surface area contributed by atoms with Gasteiger partial charge in [-0.15, -0.1) is 0 Å². The highest BCUT2D eigenvalue weighted by molar-refractivity contribution is 5.93. The molecule has 3 rings (SSSR count). The van der Waals surface area contributed by atoms with Gasteiger partial charge in [0.05, 0.1) is 30.5 Å². The van der Waals surface area contributed by atoms with E-state index in [1.54, 1.807) is 6.92 Å². The topological polar surface area (TPSA) is 110 Å². The van der Waals surface area contributed by atoms with Crippen molar-refractivity contribution in [1.82, 2.24) is 0 Å². The summed E-state index contributed by atoms with van der Waals surface area (Å²) in [6, 6.07) is 0. The number of carbonyl (C=O) groups excluding carboxylic acids is 3. The molecule has 0 aromatic heterocycles. The molecule has 7 heteroatoms. The van der Waals surface area contributed by atoms with E-state index in [4.69, 9.17) is 14.6 Å². The Morgan fingerprint density at radius 1 is 1.48 bits per heavy atom. The van der Waals surface area contributed by atoms with Crippen molar-refractivity contribution in [1.29, 1.82) is 0 Å². The maximum absolute atomic E-state index is 12.5. The summed E-state index contributed by atoms with van der Waals surface area (Å²) >= 11 is 0. The van der Waals surface area contributed by atoms with Gasteiger partial charge in [-0.1, -0.05) is 13.5 Å². The summed E-state index contributed by atoms with van der Waals surface area (Å²) in [4.78, 5) is 36.8. The average molecular weight is 352 g/mol. The molecule has 0 amide bonds. The molecule has 3 fully saturated rings. The van der Waals surface area contributed by atoms with E-state index in [2.05, 4.69) is 6.58 Å². The molecule has 0 aromatic rings. The molecule has 7 nitrogen and oxygen atoms in total. The number of rotatable bonds is 3. The first-order chi connectivity index (χ1) is 11.7. The van der Waals surface area contributed by atoms with Crippen LogP contribution in [0.25, 0.3) is 0 Å². The minimum atomic E-state index is -0.838. The van der Waals surface area contributed by atoms with Crippen LogP contribution in [0, 0.1) is 23.2 Å². The van der Waals surface area contributed by atoms with Crippen molar-refractivity contribution >= 4 is 17.7 Å². The lowest BCUT2D eigenvalue weighted by molar-refractivity contribution is -0.190. The number of hydrogen-bond donors (Lipinski definition) is 2. The third-order valence-electron chi connectivity index (χ3n) is 6.06. The van der Waals surface area contributed by atoms with Crippen molar-refractivity contribution in [2.45, 2.75) is 51.4 Å². The summed E-state index contributed by atoms with van der Waals surface area (Å²) in [6.07, 6.45) is -1.44. The van der Waals surface area contributed by atoms with Gasteiger partial charge < -0.3 is 19.7 Å². The zero-order valence-corrected chi connectivity index (χ0v) is 14.4. The summed E-state index contributed by atoms with van der Waals surface area (Å²) in [5, 5.41) is 19.7. The molecule has 25 heavy (non-hydrogen) atoms. The standard InChI is InChI=1S/C18H24O7/c1-8(7-19)16(22)24-11-6-18(3)12(21)5-4-10(20)14(18)15-13(11)9(2)17(23)25-15/h8,11-15,19,21H,2,4-7H2,1,3H3. The fraction of sp³-hybridized carbons (Fsp3) is 0.722. The van der Waals surface area contributed by atoms with Crippen molar-refractivity contribution in [2.24, 2.45) is 23.2 Å². The maximum atomic E-state index is 12.5. The van der Waals surface area contributed by atoms with Gasteiger partial charge in [0.15, 0.2) is 0 Å². The Kier molecular flexibility index (Phi) is 4.49. The molecule has 0 radical (unpaired) electrons. The lowest BCUT2D eigenvalue weighted by Gasteiger charge is -2.52. The molecule has 0 bridgehead atoms. The minimum Gasteiger partial charge on any atom is -0.461 e. The molecule has 2 saturated carbocycles. The summed E-state index contributed by atoms with van der Waals surface area (Å²) in [5.41, 5.74) is -0.649. The highest BCUT2D eigenvalue weighted by Gasteiger charge is 2.64. The monoisotopic (exact) mass is 352 g/mol. The second-order valence-electron chi connectivity index (χ2n) is 7.69. The number of Topliss-reactive ketones (excluding diaryl/α,β-unsaturated/α-hetero) is 1. The van der Waals surface area contributed by atoms with Crippen molar-refractivity contribution in [2.75, 3.05) is 6.61 Å². The van der Waals surface area contributed by atoms with Crippen molar-refractivity contribution in [3.8, 4) is 0 Å². The number of aliphatic hydroxyl groups excluding tert-OH is 2. The highest BCUT2D eigenvalue weighted by Crippen LogP contribution is 2.55. The SMILES string of the molecule is C=C1C(=O)OC2C1C(OC(=O)C(C)CO)CC1(C)C(O)CCC(=O)C21. The zero-order valence-electron chi connectivity index (χ0n) is 14.4. The fourth-order valence-corrected chi connectivity index (χ4v) is 4.49. The van der Waals surface area contributed by atoms with Gasteiger partial charge in [0.2, 0.25) is 0 Å². The van der Waals surface area contributed by atoms with E-state index in [1.807, 2.05) is 0 Å². The molecule has 1 heterocycles. The summed E-state index contributed by atoms with van der Waals surface area (Å²) in [7, 11) is 0. The largest absolute Gasteiger partial charge is 0.461 e. The molecule has 138 valence electrons. The first kappa shape index (κ1) is 18.1. The van der Waals surface area contributed by atoms with E-state index in [1.165, 1.54) is 6.92 Å². The van der Waals surface area contributed by atoms with E-state index in [9.17, 15) is 19.5 Å². The number of esters is 2. The highest BCUT2D eigenvalue weighted by atomic mass is 16.6. The fourth-order valence-electron chi connectivity index (χ4n) is 4.49. The van der Waals surface area contributed by atoms with Crippen molar-refractivity contribution in [3.63, 3.8) is 0 Å². The number of hydrogen-bond acceptors (Lipinski definition) is 7. The molecule has 7 atom stereocenters. The second-order valence-corrected chi connectivity index (χ2v) is 7.69. The van der Waals surface area contributed by atoms with Gasteiger partial charge in [-0.2, -0.15) is 0 Å². The summed E-state index contributed by atoms with van der Waals surface area (Å²) in [6.45, 7) is 6.72. The first-order valence-corrected chi connectivity index (χ1v) is 8.62. The zero-order chi connectivity index (χ0) is 18.5. The molecule has 0 spiro atoms. The Morgan fingerprint density at radius 2 is 2.16 bits per heavy atom. The van der Waals surface area contributed by atoms with Crippen molar-refractivity contribution < 1.29 is 34.1 Å². The van der Waals surface area contributed by atoms with Gasteiger partial charge in [0.25, 0.3) is 0 Å². The summed E-state index contributed by atoms with van der Waals surface area (Å²) in [5.74, 6) is -3.16. The van der Waals surface area contributed by atoms with Crippen LogP contribution in [0.4, 0.5) is 0 Å². The molecule has 1 aliphatic heterocycles. The molecule has 7 unspecified atom stereocenters. The molecular formula is C18H24O7. The molecule has 0 aromatic carbocycles. The van der Waals surface area contributed by atoms with Gasteiger partial charge in [-0.05, 0) is 19.8 Å². The maximum Gasteiger partial charge on any atom is 0.334 e. The number of aliphatic hydroxyl groups is 2. The van der Waals surface area contributed by atoms with Crippen LogP contribution < -0.4 is 0 Å². The van der Waals surface area contributed by atoms with Crippen LogP contribution in [0.5, 0.6) is 0 Å². The van der Waals surface area contributed by atoms with Gasteiger partial charge >= 0.3 is 11.9 Å². The van der Waals surface area contributed by atoms with E-state index in [0.29, 0.717) is 6.42 Å². The molecule has 2 aliphatic carbocycles. The van der Waals surface area contributed by atoms with Gasteiger partial charge in [-0.3, -0.25) is 9.59 Å². The Morgan fingerprint density at radius 3 is 2.80 bits per heavy atom. The van der Waals surface area contributed by atoms with E-state index in [0.717, 1.165) is 0 Å². The van der Waals surface area contributed by atoms with Crippen LogP contribution in [0.1, 0.15) is 33.1 Å². The molecule has 3 aliphatic rings. The van der Waals surface area contributed by atoms with Gasteiger partial charge in [0, 0.05) is 17.4 Å². The third-order valence-corrected chi connectivity index (χ3v) is 6.06. The Bertz CT molecular complexity index is 627. The van der Waals surface area contributed by atoms with E-state index >= 15 is 0 Å². The first-order valence-electron chi connectivity index (χ1n) is 8.62. The lowest BCUT2D eigenvalue weighted by atomic mass is 9.54. The van der Waals surface area contributed by atoms with Crippen LogP contribution in [0.2, 0.25) is 0 Å². The molecular weight excluding hydrogens is 328 g/mol. The van der Waals surface area contributed by atoms with Gasteiger partial charge in [0.1, 0.15) is 18.0 Å². The van der Waals surface area contributed by atoms with Crippen LogP contribution in [0.3, 0.4) is 0 Å². The molecule has 1 saturated heterocycles. The third kappa shape index (κ3) is 2.69. The number of ether oxygens (including phenoxy) is 2. The predicted molar refractivity (Wildman–Crippen MR) is 85.1 cm³/mol. The minimum absolute atomic E-state index is 0.0428. The predicted octanol–water partition coefficient (Wildman–Crippen LogP) is 0.374.